The fourth-order valence-electron chi connectivity index (χ4n) is 3.69. The van der Waals surface area contributed by atoms with Crippen molar-refractivity contribution in [2.75, 3.05) is 42.9 Å². The summed E-state index contributed by atoms with van der Waals surface area (Å²) < 4.78 is 13.5. The van der Waals surface area contributed by atoms with Crippen molar-refractivity contribution in [1.82, 2.24) is 9.88 Å². The molecule has 162 valence electrons. The molecule has 4 rings (SSSR count). The number of hydrogen-bond acceptors (Lipinski definition) is 5. The van der Waals surface area contributed by atoms with E-state index in [1.54, 1.807) is 12.1 Å². The molecular formula is C23H24ClFN4OS. The lowest BCUT2D eigenvalue weighted by molar-refractivity contribution is -0.115. The highest BCUT2D eigenvalue weighted by molar-refractivity contribution is 7.13. The zero-order valence-corrected chi connectivity index (χ0v) is 18.8. The summed E-state index contributed by atoms with van der Waals surface area (Å²) in [5.74, 6) is -0.466. The van der Waals surface area contributed by atoms with Crippen molar-refractivity contribution in [2.24, 2.45) is 0 Å². The van der Waals surface area contributed by atoms with Gasteiger partial charge in [-0.05, 0) is 36.9 Å². The minimum atomic E-state index is -0.305. The lowest BCUT2D eigenvalue weighted by atomic mass is 10.2. The molecule has 2 aromatic carbocycles. The van der Waals surface area contributed by atoms with E-state index in [0.29, 0.717) is 27.0 Å². The summed E-state index contributed by atoms with van der Waals surface area (Å²) in [7, 11) is 0. The zero-order valence-electron chi connectivity index (χ0n) is 17.3. The molecule has 2 heterocycles. The fourth-order valence-corrected chi connectivity index (χ4v) is 4.68. The van der Waals surface area contributed by atoms with Crippen LogP contribution in [0.3, 0.4) is 0 Å². The van der Waals surface area contributed by atoms with Crippen LogP contribution in [0.2, 0.25) is 5.02 Å². The predicted molar refractivity (Wildman–Crippen MR) is 126 cm³/mol. The number of amides is 1. The van der Waals surface area contributed by atoms with Crippen LogP contribution in [-0.4, -0.2) is 48.5 Å². The molecule has 5 nitrogen and oxygen atoms in total. The van der Waals surface area contributed by atoms with Crippen LogP contribution in [0.15, 0.2) is 47.8 Å². The Hall–Kier alpha value is -2.48. The molecule has 0 unspecified atom stereocenters. The smallest absolute Gasteiger partial charge is 0.230 e. The lowest BCUT2D eigenvalue weighted by Gasteiger charge is -2.36. The molecule has 1 amide bonds. The highest BCUT2D eigenvalue weighted by Crippen LogP contribution is 2.30. The van der Waals surface area contributed by atoms with Crippen LogP contribution in [0.5, 0.6) is 0 Å². The number of likely N-dealkylation sites (N-methyl/N-ethyl adjacent to an activating group) is 1. The minimum Gasteiger partial charge on any atom is -0.367 e. The third-order valence-electron chi connectivity index (χ3n) is 5.36. The summed E-state index contributed by atoms with van der Waals surface area (Å²) in [6.45, 7) is 7.01. The van der Waals surface area contributed by atoms with Crippen LogP contribution in [0, 0.1) is 5.82 Å². The SMILES string of the molecule is CCN1CCN(c2ccc(Cl)cc2NC(=O)Cc2csc(-c3cccc(F)c3)n2)CC1. The molecule has 1 N–H and O–H groups in total. The van der Waals surface area contributed by atoms with Crippen molar-refractivity contribution < 1.29 is 9.18 Å². The van der Waals surface area contributed by atoms with Gasteiger partial charge in [-0.1, -0.05) is 30.7 Å². The summed E-state index contributed by atoms with van der Waals surface area (Å²) in [5, 5.41) is 6.11. The normalized spacial score (nSPS) is 14.6. The zero-order chi connectivity index (χ0) is 21.8. The van der Waals surface area contributed by atoms with E-state index in [-0.39, 0.29) is 18.1 Å². The Morgan fingerprint density at radius 3 is 2.74 bits per heavy atom. The second-order valence-corrected chi connectivity index (χ2v) is 8.76. The van der Waals surface area contributed by atoms with Gasteiger partial charge in [0.25, 0.3) is 0 Å². The number of carbonyl (C=O) groups excluding carboxylic acids is 1. The second-order valence-electron chi connectivity index (χ2n) is 7.46. The first-order valence-corrected chi connectivity index (χ1v) is 11.5. The second kappa shape index (κ2) is 9.77. The number of hydrogen-bond donors (Lipinski definition) is 1. The monoisotopic (exact) mass is 458 g/mol. The van der Waals surface area contributed by atoms with E-state index >= 15 is 0 Å². The molecule has 8 heteroatoms. The average Bonchev–Trinajstić information content (AvgIpc) is 3.22. The van der Waals surface area contributed by atoms with Crippen LogP contribution in [0.25, 0.3) is 10.6 Å². The van der Waals surface area contributed by atoms with E-state index < -0.39 is 0 Å². The largest absolute Gasteiger partial charge is 0.367 e. The predicted octanol–water partition coefficient (Wildman–Crippen LogP) is 4.93. The van der Waals surface area contributed by atoms with Gasteiger partial charge < -0.3 is 15.1 Å². The van der Waals surface area contributed by atoms with Crippen molar-refractivity contribution in [2.45, 2.75) is 13.3 Å². The molecule has 0 aliphatic carbocycles. The summed E-state index contributed by atoms with van der Waals surface area (Å²) in [5.41, 5.74) is 3.05. The Balaban J connectivity index is 1.45. The maximum Gasteiger partial charge on any atom is 0.230 e. The van der Waals surface area contributed by atoms with Gasteiger partial charge in [-0.3, -0.25) is 4.79 Å². The first kappa shape index (κ1) is 21.7. The molecule has 31 heavy (non-hydrogen) atoms. The Bertz CT molecular complexity index is 1070. The number of aromatic nitrogens is 1. The molecule has 1 aromatic heterocycles. The van der Waals surface area contributed by atoms with Crippen LogP contribution < -0.4 is 10.2 Å². The Labute approximate surface area is 190 Å². The van der Waals surface area contributed by atoms with Crippen molar-refractivity contribution in [3.8, 4) is 10.6 Å². The van der Waals surface area contributed by atoms with Gasteiger partial charge in [-0.25, -0.2) is 9.37 Å². The molecule has 0 saturated carbocycles. The number of nitrogens with zero attached hydrogens (tertiary/aromatic N) is 3. The molecule has 0 spiro atoms. The van der Waals surface area contributed by atoms with Gasteiger partial charge in [0, 0.05) is 42.1 Å². The Morgan fingerprint density at radius 1 is 1.19 bits per heavy atom. The maximum absolute atomic E-state index is 13.5. The highest BCUT2D eigenvalue weighted by atomic mass is 35.5. The first-order chi connectivity index (χ1) is 15.0. The minimum absolute atomic E-state index is 0.140. The average molecular weight is 459 g/mol. The molecular weight excluding hydrogens is 435 g/mol. The third-order valence-corrected chi connectivity index (χ3v) is 6.53. The topological polar surface area (TPSA) is 48.5 Å². The van der Waals surface area contributed by atoms with Gasteiger partial charge in [-0.2, -0.15) is 0 Å². The summed E-state index contributed by atoms with van der Waals surface area (Å²) in [6, 6.07) is 11.9. The van der Waals surface area contributed by atoms with Gasteiger partial charge in [-0.15, -0.1) is 11.3 Å². The van der Waals surface area contributed by atoms with E-state index in [1.165, 1.54) is 23.5 Å². The number of rotatable bonds is 6. The summed E-state index contributed by atoms with van der Waals surface area (Å²) in [4.78, 5) is 21.9. The van der Waals surface area contributed by atoms with Crippen molar-refractivity contribution >= 4 is 40.2 Å². The van der Waals surface area contributed by atoms with Crippen LogP contribution in [-0.2, 0) is 11.2 Å². The Kier molecular flexibility index (Phi) is 6.85. The van der Waals surface area contributed by atoms with E-state index in [2.05, 4.69) is 27.0 Å². The molecule has 0 bridgehead atoms. The molecule has 3 aromatic rings. The van der Waals surface area contributed by atoms with Gasteiger partial charge in [0.2, 0.25) is 5.91 Å². The number of anilines is 2. The number of thiazole rings is 1. The first-order valence-electron chi connectivity index (χ1n) is 10.3. The van der Waals surface area contributed by atoms with Gasteiger partial charge in [0.05, 0.1) is 23.5 Å². The lowest BCUT2D eigenvalue weighted by Crippen LogP contribution is -2.46. The fraction of sp³-hybridized carbons (Fsp3) is 0.304. The summed E-state index contributed by atoms with van der Waals surface area (Å²) in [6.07, 6.45) is 0.140. The molecule has 1 saturated heterocycles. The molecule has 1 fully saturated rings. The van der Waals surface area contributed by atoms with Gasteiger partial charge in [0.1, 0.15) is 10.8 Å². The van der Waals surface area contributed by atoms with Crippen LogP contribution in [0.1, 0.15) is 12.6 Å². The van der Waals surface area contributed by atoms with Crippen molar-refractivity contribution in [3.63, 3.8) is 0 Å². The molecule has 0 atom stereocenters. The number of nitrogens with one attached hydrogen (secondary N) is 1. The highest BCUT2D eigenvalue weighted by Gasteiger charge is 2.20. The molecule has 0 radical (unpaired) electrons. The number of halogens is 2. The van der Waals surface area contributed by atoms with Crippen molar-refractivity contribution in [1.29, 1.82) is 0 Å². The van der Waals surface area contributed by atoms with Gasteiger partial charge >= 0.3 is 0 Å². The van der Waals surface area contributed by atoms with Gasteiger partial charge in [0.15, 0.2) is 0 Å². The standard InChI is InChI=1S/C23H24ClFN4OS/c1-2-28-8-10-29(11-9-28)21-7-6-17(24)13-20(21)27-22(30)14-19-15-31-23(26-19)16-4-3-5-18(25)12-16/h3-7,12-13,15H,2,8-11,14H2,1H3,(H,27,30). The third kappa shape index (κ3) is 5.42. The quantitative estimate of drug-likeness (QED) is 0.569. The van der Waals surface area contributed by atoms with Crippen LogP contribution >= 0.6 is 22.9 Å². The number of piperazine rings is 1. The van der Waals surface area contributed by atoms with Crippen LogP contribution in [0.4, 0.5) is 15.8 Å². The van der Waals surface area contributed by atoms with Crippen molar-refractivity contribution in [3.05, 3.63) is 64.4 Å². The van der Waals surface area contributed by atoms with E-state index in [0.717, 1.165) is 38.4 Å². The number of carbonyl (C=O) groups is 1. The maximum atomic E-state index is 13.5. The Morgan fingerprint density at radius 2 is 2.00 bits per heavy atom. The number of benzene rings is 2. The molecule has 1 aliphatic rings. The van der Waals surface area contributed by atoms with E-state index in [9.17, 15) is 9.18 Å². The van der Waals surface area contributed by atoms with E-state index in [1.807, 2.05) is 23.6 Å². The van der Waals surface area contributed by atoms with E-state index in [4.69, 9.17) is 11.6 Å². The summed E-state index contributed by atoms with van der Waals surface area (Å²) >= 11 is 7.61. The molecule has 1 aliphatic heterocycles.